The molecule has 0 bridgehead atoms. The van der Waals surface area contributed by atoms with E-state index in [9.17, 15) is 18.3 Å². The number of aliphatic hydroxyl groups is 1. The predicted octanol–water partition coefficient (Wildman–Crippen LogP) is 5.28. The van der Waals surface area contributed by atoms with Gasteiger partial charge in [-0.3, -0.25) is 0 Å². The van der Waals surface area contributed by atoms with Crippen molar-refractivity contribution < 1.29 is 23.0 Å². The Kier molecular flexibility index (Phi) is 5.47. The molecule has 1 atom stereocenters. The van der Waals surface area contributed by atoms with Gasteiger partial charge in [0, 0.05) is 11.1 Å². The molecule has 0 aliphatic rings. The number of rotatable bonds is 3. The van der Waals surface area contributed by atoms with Crippen LogP contribution >= 0.6 is 0 Å². The van der Waals surface area contributed by atoms with Gasteiger partial charge in [-0.1, -0.05) is 41.5 Å². The average Bonchev–Trinajstić information content (AvgIpc) is 2.34. The Morgan fingerprint density at radius 1 is 0.957 bits per heavy atom. The van der Waals surface area contributed by atoms with Crippen molar-refractivity contribution in [3.8, 4) is 5.75 Å². The molecule has 0 fully saturated rings. The number of hydrogen-bond donors (Lipinski definition) is 1. The van der Waals surface area contributed by atoms with Crippen LogP contribution in [-0.2, 0) is 10.8 Å². The van der Waals surface area contributed by atoms with Gasteiger partial charge >= 0.3 is 6.18 Å². The lowest BCUT2D eigenvalue weighted by atomic mass is 9.78. The summed E-state index contributed by atoms with van der Waals surface area (Å²) in [4.78, 5) is 0. The Hall–Kier alpha value is -1.23. The number of ether oxygens (including phenoxy) is 1. The van der Waals surface area contributed by atoms with E-state index in [2.05, 4.69) is 0 Å². The number of halogens is 3. The van der Waals surface area contributed by atoms with Crippen molar-refractivity contribution >= 4 is 0 Å². The van der Waals surface area contributed by atoms with Gasteiger partial charge < -0.3 is 9.84 Å². The first kappa shape index (κ1) is 19.8. The summed E-state index contributed by atoms with van der Waals surface area (Å²) in [7, 11) is 0. The first-order valence-corrected chi connectivity index (χ1v) is 7.76. The fourth-order valence-electron chi connectivity index (χ4n) is 2.41. The fourth-order valence-corrected chi connectivity index (χ4v) is 2.41. The number of hydrogen-bond acceptors (Lipinski definition) is 2. The van der Waals surface area contributed by atoms with Gasteiger partial charge in [0.2, 0.25) is 0 Å². The lowest BCUT2D eigenvalue weighted by Gasteiger charge is -2.31. The third kappa shape index (κ3) is 4.63. The van der Waals surface area contributed by atoms with Crippen LogP contribution in [0.1, 0.15) is 71.3 Å². The Balaban J connectivity index is 3.73. The highest BCUT2D eigenvalue weighted by molar-refractivity contribution is 5.51. The summed E-state index contributed by atoms with van der Waals surface area (Å²) in [5.74, 6) is 0.616. The van der Waals surface area contributed by atoms with Crippen molar-refractivity contribution in [2.75, 3.05) is 6.61 Å². The number of alkyl halides is 3. The van der Waals surface area contributed by atoms with Crippen molar-refractivity contribution in [1.82, 2.24) is 0 Å². The lowest BCUT2D eigenvalue weighted by molar-refractivity contribution is -0.206. The molecule has 1 N–H and O–H groups in total. The van der Waals surface area contributed by atoms with E-state index >= 15 is 0 Å². The molecule has 0 heterocycles. The monoisotopic (exact) mass is 332 g/mol. The molecule has 23 heavy (non-hydrogen) atoms. The SMILES string of the molecule is CCOc1c(C(C)(C)C)cc(C(O)C(F)(F)F)cc1C(C)(C)C. The third-order valence-corrected chi connectivity index (χ3v) is 3.64. The zero-order chi connectivity index (χ0) is 18.2. The molecular weight excluding hydrogens is 305 g/mol. The zero-order valence-corrected chi connectivity index (χ0v) is 14.9. The Morgan fingerprint density at radius 3 is 1.61 bits per heavy atom. The smallest absolute Gasteiger partial charge is 0.418 e. The van der Waals surface area contributed by atoms with Crippen molar-refractivity contribution in [2.45, 2.75) is 71.6 Å². The van der Waals surface area contributed by atoms with Gasteiger partial charge in [0.25, 0.3) is 0 Å². The van der Waals surface area contributed by atoms with E-state index in [4.69, 9.17) is 4.74 Å². The summed E-state index contributed by atoms with van der Waals surface area (Å²) >= 11 is 0. The molecule has 0 radical (unpaired) electrons. The molecule has 2 nitrogen and oxygen atoms in total. The van der Waals surface area contributed by atoms with Crippen LogP contribution in [0.2, 0.25) is 0 Å². The molecule has 1 aromatic carbocycles. The second kappa shape index (κ2) is 6.34. The molecule has 0 aromatic heterocycles. The van der Waals surface area contributed by atoms with Crippen LogP contribution in [0.15, 0.2) is 12.1 Å². The molecule has 132 valence electrons. The van der Waals surface area contributed by atoms with Crippen LogP contribution in [0, 0.1) is 0 Å². The summed E-state index contributed by atoms with van der Waals surface area (Å²) in [6, 6.07) is 2.83. The molecule has 0 saturated heterocycles. The van der Waals surface area contributed by atoms with Gasteiger partial charge in [0.1, 0.15) is 5.75 Å². The van der Waals surface area contributed by atoms with Gasteiger partial charge in [-0.25, -0.2) is 0 Å². The Bertz CT molecular complexity index is 514. The van der Waals surface area contributed by atoms with Gasteiger partial charge in [-0.15, -0.1) is 0 Å². The maximum Gasteiger partial charge on any atom is 0.418 e. The molecule has 0 amide bonds. The largest absolute Gasteiger partial charge is 0.493 e. The topological polar surface area (TPSA) is 29.5 Å². The van der Waals surface area contributed by atoms with Crippen molar-refractivity contribution in [3.05, 3.63) is 28.8 Å². The highest BCUT2D eigenvalue weighted by atomic mass is 19.4. The normalized spacial score (nSPS) is 14.7. The van der Waals surface area contributed by atoms with E-state index in [1.807, 2.05) is 48.5 Å². The van der Waals surface area contributed by atoms with Crippen LogP contribution in [0.3, 0.4) is 0 Å². The van der Waals surface area contributed by atoms with Crippen molar-refractivity contribution in [3.63, 3.8) is 0 Å². The first-order valence-electron chi connectivity index (χ1n) is 7.76. The Labute approximate surface area is 136 Å². The second-order valence-corrected chi connectivity index (χ2v) is 7.82. The average molecular weight is 332 g/mol. The van der Waals surface area contributed by atoms with E-state index in [1.54, 1.807) is 0 Å². The molecule has 1 aromatic rings. The minimum absolute atomic E-state index is 0.143. The first-order chi connectivity index (χ1) is 10.2. The van der Waals surface area contributed by atoms with E-state index in [1.165, 1.54) is 12.1 Å². The summed E-state index contributed by atoms with van der Waals surface area (Å²) in [6.45, 7) is 13.8. The standard InChI is InChI=1S/C18H27F3O2/c1-8-23-14-12(16(2,3)4)9-11(15(22)18(19,20)21)10-13(14)17(5,6)7/h9-10,15,22H,8H2,1-7H3. The molecule has 1 unspecified atom stereocenters. The molecule has 1 rings (SSSR count). The van der Waals surface area contributed by atoms with Gasteiger partial charge in [0.05, 0.1) is 6.61 Å². The van der Waals surface area contributed by atoms with E-state index in [-0.39, 0.29) is 5.56 Å². The quantitative estimate of drug-likeness (QED) is 0.816. The maximum atomic E-state index is 13.0. The number of benzene rings is 1. The van der Waals surface area contributed by atoms with Crippen LogP contribution in [0.5, 0.6) is 5.75 Å². The highest BCUT2D eigenvalue weighted by Crippen LogP contribution is 2.43. The fraction of sp³-hybridized carbons (Fsp3) is 0.667. The maximum absolute atomic E-state index is 13.0. The van der Waals surface area contributed by atoms with E-state index in [0.29, 0.717) is 23.5 Å². The minimum atomic E-state index is -4.70. The molecule has 0 aliphatic heterocycles. The van der Waals surface area contributed by atoms with Gasteiger partial charge in [-0.2, -0.15) is 13.2 Å². The van der Waals surface area contributed by atoms with Gasteiger partial charge in [-0.05, 0) is 35.4 Å². The van der Waals surface area contributed by atoms with E-state index in [0.717, 1.165) is 0 Å². The van der Waals surface area contributed by atoms with Crippen LogP contribution in [-0.4, -0.2) is 17.9 Å². The van der Waals surface area contributed by atoms with Crippen LogP contribution in [0.4, 0.5) is 13.2 Å². The van der Waals surface area contributed by atoms with Crippen molar-refractivity contribution in [2.24, 2.45) is 0 Å². The summed E-state index contributed by atoms with van der Waals surface area (Å²) in [6.07, 6.45) is -7.20. The minimum Gasteiger partial charge on any atom is -0.493 e. The molecule has 0 spiro atoms. The van der Waals surface area contributed by atoms with E-state index < -0.39 is 23.1 Å². The summed E-state index contributed by atoms with van der Waals surface area (Å²) in [5, 5.41) is 9.69. The van der Waals surface area contributed by atoms with Crippen LogP contribution in [0.25, 0.3) is 0 Å². The Morgan fingerprint density at radius 2 is 1.35 bits per heavy atom. The number of aliphatic hydroxyl groups excluding tert-OH is 1. The van der Waals surface area contributed by atoms with Crippen LogP contribution < -0.4 is 4.74 Å². The highest BCUT2D eigenvalue weighted by Gasteiger charge is 2.41. The molecular formula is C18H27F3O2. The molecule has 0 aliphatic carbocycles. The molecule has 0 saturated carbocycles. The zero-order valence-electron chi connectivity index (χ0n) is 14.9. The third-order valence-electron chi connectivity index (χ3n) is 3.64. The second-order valence-electron chi connectivity index (χ2n) is 7.82. The van der Waals surface area contributed by atoms with Crippen molar-refractivity contribution in [1.29, 1.82) is 0 Å². The summed E-state index contributed by atoms with van der Waals surface area (Å²) in [5.41, 5.74) is 0.378. The lowest BCUT2D eigenvalue weighted by Crippen LogP contribution is -2.24. The van der Waals surface area contributed by atoms with Gasteiger partial charge in [0.15, 0.2) is 6.10 Å². The summed E-state index contributed by atoms with van der Waals surface area (Å²) < 4.78 is 44.7. The molecule has 5 heteroatoms. The predicted molar refractivity (Wildman–Crippen MR) is 86.0 cm³/mol.